The van der Waals surface area contributed by atoms with Gasteiger partial charge in [0, 0.05) is 13.2 Å². The van der Waals surface area contributed by atoms with E-state index < -0.39 is 0 Å². The van der Waals surface area contributed by atoms with Crippen LogP contribution in [0.25, 0.3) is 0 Å². The highest BCUT2D eigenvalue weighted by Gasteiger charge is 2.26. The average Bonchev–Trinajstić information content (AvgIpc) is 2.00. The fourth-order valence-corrected chi connectivity index (χ4v) is 1.46. The number of hydrogen-bond acceptors (Lipinski definition) is 3. The van der Waals surface area contributed by atoms with Crippen molar-refractivity contribution in [3.63, 3.8) is 0 Å². The third kappa shape index (κ3) is 3.52. The van der Waals surface area contributed by atoms with E-state index in [4.69, 9.17) is 9.84 Å². The largest absolute Gasteiger partial charge is 0.393 e. The standard InChI is InChI=1S/C9H19NO2/c1-2-12-4-3-10-7-8-5-9(11)6-8/h8-11H,2-7H2,1H3. The predicted molar refractivity (Wildman–Crippen MR) is 48.1 cm³/mol. The minimum Gasteiger partial charge on any atom is -0.393 e. The number of hydrogen-bond donors (Lipinski definition) is 2. The van der Waals surface area contributed by atoms with Gasteiger partial charge in [0.25, 0.3) is 0 Å². The number of aliphatic hydroxyl groups excluding tert-OH is 1. The summed E-state index contributed by atoms with van der Waals surface area (Å²) in [5, 5.41) is 12.3. The van der Waals surface area contributed by atoms with E-state index in [-0.39, 0.29) is 6.10 Å². The van der Waals surface area contributed by atoms with Crippen LogP contribution in [0, 0.1) is 5.92 Å². The van der Waals surface area contributed by atoms with Gasteiger partial charge in [0.05, 0.1) is 12.7 Å². The van der Waals surface area contributed by atoms with Crippen molar-refractivity contribution >= 4 is 0 Å². The Morgan fingerprint density at radius 1 is 1.50 bits per heavy atom. The molecule has 72 valence electrons. The average molecular weight is 173 g/mol. The van der Waals surface area contributed by atoms with E-state index in [9.17, 15) is 0 Å². The normalized spacial score (nSPS) is 28.5. The maximum absolute atomic E-state index is 9.01. The van der Waals surface area contributed by atoms with Gasteiger partial charge >= 0.3 is 0 Å². The minimum atomic E-state index is -0.0244. The fourth-order valence-electron chi connectivity index (χ4n) is 1.46. The van der Waals surface area contributed by atoms with Gasteiger partial charge in [0.1, 0.15) is 0 Å². The first-order valence-corrected chi connectivity index (χ1v) is 4.79. The second-order valence-corrected chi connectivity index (χ2v) is 3.39. The molecule has 0 spiro atoms. The summed E-state index contributed by atoms with van der Waals surface area (Å²) in [6.07, 6.45) is 1.92. The second-order valence-electron chi connectivity index (χ2n) is 3.39. The van der Waals surface area contributed by atoms with E-state index in [0.29, 0.717) is 5.92 Å². The topological polar surface area (TPSA) is 41.5 Å². The quantitative estimate of drug-likeness (QED) is 0.571. The Kier molecular flexibility index (Phi) is 4.58. The molecule has 0 radical (unpaired) electrons. The molecule has 0 unspecified atom stereocenters. The van der Waals surface area contributed by atoms with Crippen LogP contribution in [-0.2, 0) is 4.74 Å². The van der Waals surface area contributed by atoms with Crippen molar-refractivity contribution in [1.82, 2.24) is 5.32 Å². The van der Waals surface area contributed by atoms with Crippen molar-refractivity contribution in [2.45, 2.75) is 25.9 Å². The van der Waals surface area contributed by atoms with Crippen molar-refractivity contribution in [2.75, 3.05) is 26.3 Å². The molecular weight excluding hydrogens is 154 g/mol. The van der Waals surface area contributed by atoms with Crippen LogP contribution in [0.1, 0.15) is 19.8 Å². The molecule has 2 N–H and O–H groups in total. The van der Waals surface area contributed by atoms with Gasteiger partial charge in [-0.15, -0.1) is 0 Å². The third-order valence-corrected chi connectivity index (χ3v) is 2.27. The van der Waals surface area contributed by atoms with E-state index in [2.05, 4.69) is 5.32 Å². The molecule has 1 saturated carbocycles. The Bertz CT molecular complexity index is 113. The molecule has 0 aromatic rings. The van der Waals surface area contributed by atoms with Crippen LogP contribution in [0.2, 0.25) is 0 Å². The Morgan fingerprint density at radius 3 is 2.83 bits per heavy atom. The van der Waals surface area contributed by atoms with Crippen molar-refractivity contribution in [1.29, 1.82) is 0 Å². The highest BCUT2D eigenvalue weighted by Crippen LogP contribution is 2.25. The van der Waals surface area contributed by atoms with E-state index in [1.54, 1.807) is 0 Å². The molecule has 0 amide bonds. The number of rotatable bonds is 6. The molecule has 0 aromatic heterocycles. The first-order valence-electron chi connectivity index (χ1n) is 4.79. The molecule has 3 nitrogen and oxygen atoms in total. The molecule has 12 heavy (non-hydrogen) atoms. The molecule has 1 aliphatic carbocycles. The summed E-state index contributed by atoms with van der Waals surface area (Å²) < 4.78 is 5.18. The monoisotopic (exact) mass is 173 g/mol. The van der Waals surface area contributed by atoms with Gasteiger partial charge < -0.3 is 15.2 Å². The highest BCUT2D eigenvalue weighted by molar-refractivity contribution is 4.79. The van der Waals surface area contributed by atoms with Gasteiger partial charge in [-0.05, 0) is 32.2 Å². The van der Waals surface area contributed by atoms with E-state index in [1.807, 2.05) is 6.92 Å². The minimum absolute atomic E-state index is 0.0244. The highest BCUT2D eigenvalue weighted by atomic mass is 16.5. The molecule has 1 rings (SSSR count). The predicted octanol–water partition coefficient (Wildman–Crippen LogP) is 0.383. The van der Waals surface area contributed by atoms with E-state index >= 15 is 0 Å². The molecule has 1 fully saturated rings. The Balaban J connectivity index is 1.77. The number of aliphatic hydroxyl groups is 1. The molecule has 0 heterocycles. The molecule has 3 heteroatoms. The summed E-state index contributed by atoms with van der Waals surface area (Å²) in [6.45, 7) is 5.56. The number of ether oxygens (including phenoxy) is 1. The maximum atomic E-state index is 9.01. The summed E-state index contributed by atoms with van der Waals surface area (Å²) >= 11 is 0. The van der Waals surface area contributed by atoms with E-state index in [0.717, 1.165) is 39.1 Å². The van der Waals surface area contributed by atoms with Crippen LogP contribution in [0.15, 0.2) is 0 Å². The zero-order valence-corrected chi connectivity index (χ0v) is 7.75. The first-order chi connectivity index (χ1) is 5.83. The van der Waals surface area contributed by atoms with Gasteiger partial charge in [-0.3, -0.25) is 0 Å². The van der Waals surface area contributed by atoms with Gasteiger partial charge in [-0.1, -0.05) is 0 Å². The lowest BCUT2D eigenvalue weighted by Crippen LogP contribution is -2.37. The van der Waals surface area contributed by atoms with Crippen LogP contribution in [0.5, 0.6) is 0 Å². The lowest BCUT2D eigenvalue weighted by Gasteiger charge is -2.31. The lowest BCUT2D eigenvalue weighted by molar-refractivity contribution is 0.0420. The van der Waals surface area contributed by atoms with E-state index in [1.165, 1.54) is 0 Å². The van der Waals surface area contributed by atoms with Gasteiger partial charge in [0.15, 0.2) is 0 Å². The zero-order chi connectivity index (χ0) is 8.81. The number of nitrogens with one attached hydrogen (secondary N) is 1. The lowest BCUT2D eigenvalue weighted by atomic mass is 9.82. The Morgan fingerprint density at radius 2 is 2.25 bits per heavy atom. The van der Waals surface area contributed by atoms with Gasteiger partial charge in [-0.2, -0.15) is 0 Å². The van der Waals surface area contributed by atoms with Gasteiger partial charge in [-0.25, -0.2) is 0 Å². The zero-order valence-electron chi connectivity index (χ0n) is 7.75. The summed E-state index contributed by atoms with van der Waals surface area (Å²) in [6, 6.07) is 0. The Hall–Kier alpha value is -0.120. The van der Waals surface area contributed by atoms with Crippen LogP contribution < -0.4 is 5.32 Å². The fraction of sp³-hybridized carbons (Fsp3) is 1.00. The SMILES string of the molecule is CCOCCNCC1CC(O)C1. The molecule has 0 saturated heterocycles. The van der Waals surface area contributed by atoms with Crippen molar-refractivity contribution in [2.24, 2.45) is 5.92 Å². The van der Waals surface area contributed by atoms with Crippen LogP contribution in [0.4, 0.5) is 0 Å². The Labute approximate surface area is 74.1 Å². The summed E-state index contributed by atoms with van der Waals surface area (Å²) in [7, 11) is 0. The second kappa shape index (κ2) is 5.51. The van der Waals surface area contributed by atoms with Crippen LogP contribution in [0.3, 0.4) is 0 Å². The first kappa shape index (κ1) is 9.96. The molecular formula is C9H19NO2. The van der Waals surface area contributed by atoms with Crippen molar-refractivity contribution in [3.05, 3.63) is 0 Å². The summed E-state index contributed by atoms with van der Waals surface area (Å²) in [5.74, 6) is 0.696. The van der Waals surface area contributed by atoms with Crippen molar-refractivity contribution in [3.8, 4) is 0 Å². The molecule has 0 atom stereocenters. The maximum Gasteiger partial charge on any atom is 0.0590 e. The van der Waals surface area contributed by atoms with Crippen LogP contribution in [-0.4, -0.2) is 37.5 Å². The van der Waals surface area contributed by atoms with Crippen LogP contribution >= 0.6 is 0 Å². The molecule has 0 aliphatic heterocycles. The van der Waals surface area contributed by atoms with Gasteiger partial charge in [0.2, 0.25) is 0 Å². The molecule has 0 bridgehead atoms. The summed E-state index contributed by atoms with van der Waals surface area (Å²) in [5.41, 5.74) is 0. The summed E-state index contributed by atoms with van der Waals surface area (Å²) in [4.78, 5) is 0. The smallest absolute Gasteiger partial charge is 0.0590 e. The third-order valence-electron chi connectivity index (χ3n) is 2.27. The van der Waals surface area contributed by atoms with Crippen molar-refractivity contribution < 1.29 is 9.84 Å². The molecule has 0 aromatic carbocycles. The molecule has 1 aliphatic rings.